The van der Waals surface area contributed by atoms with Crippen molar-refractivity contribution < 1.29 is 14.7 Å². The second-order valence-corrected chi connectivity index (χ2v) is 6.05. The Balaban J connectivity index is 2.08. The average Bonchev–Trinajstić information content (AvgIpc) is 2.49. The Labute approximate surface area is 141 Å². The zero-order chi connectivity index (χ0) is 16.1. The van der Waals surface area contributed by atoms with E-state index in [1.165, 1.54) is 0 Å². The SMILES string of the molecule is O=C(NC(Cc1ccc(Cl)cc1)C(=O)O)c1ccc(Br)cc1. The third-order valence-corrected chi connectivity index (χ3v) is 3.84. The third kappa shape index (κ3) is 4.58. The van der Waals surface area contributed by atoms with Crippen LogP contribution in [0.1, 0.15) is 15.9 Å². The smallest absolute Gasteiger partial charge is 0.326 e. The minimum Gasteiger partial charge on any atom is -0.480 e. The van der Waals surface area contributed by atoms with Gasteiger partial charge in [-0.3, -0.25) is 4.79 Å². The fourth-order valence-corrected chi connectivity index (χ4v) is 2.29. The lowest BCUT2D eigenvalue weighted by atomic mass is 10.1. The maximum absolute atomic E-state index is 12.1. The topological polar surface area (TPSA) is 66.4 Å². The standard InChI is InChI=1S/C16H13BrClNO3/c17-12-5-3-11(4-6-12)15(20)19-14(16(21)22)9-10-1-7-13(18)8-2-10/h1-8,14H,9H2,(H,19,20)(H,21,22). The van der Waals surface area contributed by atoms with Crippen LogP contribution in [-0.4, -0.2) is 23.0 Å². The van der Waals surface area contributed by atoms with Crippen LogP contribution in [0.3, 0.4) is 0 Å². The van der Waals surface area contributed by atoms with Gasteiger partial charge in [0, 0.05) is 21.5 Å². The van der Waals surface area contributed by atoms with Gasteiger partial charge < -0.3 is 10.4 Å². The Kier molecular flexibility index (Phi) is 5.57. The van der Waals surface area contributed by atoms with Crippen molar-refractivity contribution in [3.8, 4) is 0 Å². The number of carbonyl (C=O) groups excluding carboxylic acids is 1. The van der Waals surface area contributed by atoms with E-state index in [2.05, 4.69) is 21.2 Å². The van der Waals surface area contributed by atoms with Crippen LogP contribution in [0.5, 0.6) is 0 Å². The van der Waals surface area contributed by atoms with E-state index in [9.17, 15) is 14.7 Å². The highest BCUT2D eigenvalue weighted by Gasteiger charge is 2.21. The number of rotatable bonds is 5. The molecule has 0 radical (unpaired) electrons. The molecule has 1 atom stereocenters. The van der Waals surface area contributed by atoms with Crippen LogP contribution in [0.4, 0.5) is 0 Å². The minimum absolute atomic E-state index is 0.189. The van der Waals surface area contributed by atoms with Gasteiger partial charge in [-0.15, -0.1) is 0 Å². The Morgan fingerprint density at radius 3 is 2.23 bits per heavy atom. The number of hydrogen-bond acceptors (Lipinski definition) is 2. The van der Waals surface area contributed by atoms with Crippen LogP contribution in [0.25, 0.3) is 0 Å². The number of carboxylic acids is 1. The van der Waals surface area contributed by atoms with Crippen molar-refractivity contribution in [1.82, 2.24) is 5.32 Å². The molecule has 0 aliphatic carbocycles. The largest absolute Gasteiger partial charge is 0.480 e. The van der Waals surface area contributed by atoms with E-state index in [0.717, 1.165) is 10.0 Å². The van der Waals surface area contributed by atoms with Crippen molar-refractivity contribution in [3.63, 3.8) is 0 Å². The molecule has 0 aliphatic rings. The maximum atomic E-state index is 12.1. The highest BCUT2D eigenvalue weighted by atomic mass is 79.9. The first kappa shape index (κ1) is 16.5. The van der Waals surface area contributed by atoms with Crippen LogP contribution < -0.4 is 5.32 Å². The van der Waals surface area contributed by atoms with Gasteiger partial charge in [0.2, 0.25) is 0 Å². The van der Waals surface area contributed by atoms with Crippen LogP contribution in [-0.2, 0) is 11.2 Å². The van der Waals surface area contributed by atoms with Gasteiger partial charge in [0.1, 0.15) is 6.04 Å². The van der Waals surface area contributed by atoms with Gasteiger partial charge in [-0.1, -0.05) is 39.7 Å². The quantitative estimate of drug-likeness (QED) is 0.831. The summed E-state index contributed by atoms with van der Waals surface area (Å²) < 4.78 is 0.847. The number of benzene rings is 2. The monoisotopic (exact) mass is 381 g/mol. The van der Waals surface area contributed by atoms with E-state index >= 15 is 0 Å². The second kappa shape index (κ2) is 7.42. The Hall–Kier alpha value is -1.85. The molecule has 6 heteroatoms. The predicted molar refractivity (Wildman–Crippen MR) is 88.2 cm³/mol. The van der Waals surface area contributed by atoms with Crippen LogP contribution >= 0.6 is 27.5 Å². The van der Waals surface area contributed by atoms with Crippen LogP contribution in [0.15, 0.2) is 53.0 Å². The first-order valence-corrected chi connectivity index (χ1v) is 7.66. The molecule has 0 fully saturated rings. The predicted octanol–water partition coefficient (Wildman–Crippen LogP) is 3.53. The first-order chi connectivity index (χ1) is 10.5. The molecule has 2 aromatic rings. The molecule has 22 heavy (non-hydrogen) atoms. The molecular weight excluding hydrogens is 370 g/mol. The van der Waals surface area contributed by atoms with Gasteiger partial charge >= 0.3 is 5.97 Å². The normalized spacial score (nSPS) is 11.7. The van der Waals surface area contributed by atoms with E-state index in [1.807, 2.05) is 0 Å². The summed E-state index contributed by atoms with van der Waals surface area (Å²) in [5, 5.41) is 12.4. The van der Waals surface area contributed by atoms with Gasteiger partial charge in [-0.2, -0.15) is 0 Å². The van der Waals surface area contributed by atoms with Crippen molar-refractivity contribution >= 4 is 39.4 Å². The van der Waals surface area contributed by atoms with Gasteiger partial charge in [0.05, 0.1) is 0 Å². The fourth-order valence-electron chi connectivity index (χ4n) is 1.90. The zero-order valence-electron chi connectivity index (χ0n) is 11.4. The molecule has 0 spiro atoms. The number of aliphatic carboxylic acids is 1. The molecular formula is C16H13BrClNO3. The lowest BCUT2D eigenvalue weighted by molar-refractivity contribution is -0.139. The van der Waals surface area contributed by atoms with Gasteiger partial charge in [0.25, 0.3) is 5.91 Å². The molecule has 0 saturated heterocycles. The van der Waals surface area contributed by atoms with Crippen molar-refractivity contribution in [2.45, 2.75) is 12.5 Å². The summed E-state index contributed by atoms with van der Waals surface area (Å²) in [4.78, 5) is 23.4. The summed E-state index contributed by atoms with van der Waals surface area (Å²) in [6, 6.07) is 12.6. The Bertz CT molecular complexity index is 671. The Morgan fingerprint density at radius 1 is 1.09 bits per heavy atom. The molecule has 0 saturated carbocycles. The van der Waals surface area contributed by atoms with Crippen molar-refractivity contribution in [3.05, 3.63) is 69.2 Å². The molecule has 0 aromatic heterocycles. The average molecular weight is 383 g/mol. The zero-order valence-corrected chi connectivity index (χ0v) is 13.8. The van der Waals surface area contributed by atoms with E-state index in [1.54, 1.807) is 48.5 Å². The number of carboxylic acid groups (broad SMARTS) is 1. The first-order valence-electron chi connectivity index (χ1n) is 6.49. The number of nitrogens with one attached hydrogen (secondary N) is 1. The molecule has 2 rings (SSSR count). The lowest BCUT2D eigenvalue weighted by Gasteiger charge is -2.15. The van der Waals surface area contributed by atoms with E-state index in [4.69, 9.17) is 11.6 Å². The molecule has 4 nitrogen and oxygen atoms in total. The van der Waals surface area contributed by atoms with Crippen molar-refractivity contribution in [1.29, 1.82) is 0 Å². The van der Waals surface area contributed by atoms with Crippen molar-refractivity contribution in [2.75, 3.05) is 0 Å². The minimum atomic E-state index is -1.08. The van der Waals surface area contributed by atoms with Crippen LogP contribution in [0, 0.1) is 0 Å². The van der Waals surface area contributed by atoms with E-state index in [-0.39, 0.29) is 6.42 Å². The number of halogens is 2. The molecule has 1 amide bonds. The molecule has 0 bridgehead atoms. The molecule has 1 unspecified atom stereocenters. The lowest BCUT2D eigenvalue weighted by Crippen LogP contribution is -2.42. The third-order valence-electron chi connectivity index (χ3n) is 3.06. The van der Waals surface area contributed by atoms with Crippen LogP contribution in [0.2, 0.25) is 5.02 Å². The summed E-state index contributed by atoms with van der Waals surface area (Å²) in [6.45, 7) is 0. The summed E-state index contributed by atoms with van der Waals surface area (Å²) in [6.07, 6.45) is 0.189. The molecule has 2 aromatic carbocycles. The summed E-state index contributed by atoms with van der Waals surface area (Å²) in [5.74, 6) is -1.51. The van der Waals surface area contributed by atoms with E-state index < -0.39 is 17.9 Å². The second-order valence-electron chi connectivity index (χ2n) is 4.70. The molecule has 0 heterocycles. The summed E-state index contributed by atoms with van der Waals surface area (Å²) in [7, 11) is 0. The highest BCUT2D eigenvalue weighted by Crippen LogP contribution is 2.13. The van der Waals surface area contributed by atoms with Gasteiger partial charge in [-0.25, -0.2) is 4.79 Å². The number of amides is 1. The highest BCUT2D eigenvalue weighted by molar-refractivity contribution is 9.10. The molecule has 114 valence electrons. The summed E-state index contributed by atoms with van der Waals surface area (Å²) in [5.41, 5.74) is 1.19. The number of hydrogen-bond donors (Lipinski definition) is 2. The Morgan fingerprint density at radius 2 is 1.68 bits per heavy atom. The fraction of sp³-hybridized carbons (Fsp3) is 0.125. The summed E-state index contributed by atoms with van der Waals surface area (Å²) >= 11 is 9.08. The van der Waals surface area contributed by atoms with Gasteiger partial charge in [-0.05, 0) is 42.0 Å². The van der Waals surface area contributed by atoms with Crippen molar-refractivity contribution in [2.24, 2.45) is 0 Å². The molecule has 0 aliphatic heterocycles. The van der Waals surface area contributed by atoms with Gasteiger partial charge in [0.15, 0.2) is 0 Å². The number of carbonyl (C=O) groups is 2. The maximum Gasteiger partial charge on any atom is 0.326 e. The molecule has 2 N–H and O–H groups in total. The van der Waals surface area contributed by atoms with E-state index in [0.29, 0.717) is 10.6 Å².